The molecule has 18 heavy (non-hydrogen) atoms. The second kappa shape index (κ2) is 5.68. The average Bonchev–Trinajstić information content (AvgIpc) is 2.98. The molecule has 2 heterocycles. The number of nitrogens with one attached hydrogen (secondary N) is 1. The van der Waals surface area contributed by atoms with Crippen LogP contribution in [0.5, 0.6) is 0 Å². The number of amides is 1. The number of nitrogens with two attached hydrogens (primary N) is 1. The van der Waals surface area contributed by atoms with E-state index < -0.39 is 0 Å². The fraction of sp³-hybridized carbons (Fsp3) is 0.333. The van der Waals surface area contributed by atoms with Crippen LogP contribution in [0.4, 0.5) is 5.69 Å². The third-order valence-electron chi connectivity index (χ3n) is 2.59. The smallest absolute Gasteiger partial charge is 0.242 e. The Balaban J connectivity index is 1.94. The lowest BCUT2D eigenvalue weighted by Gasteiger charge is -2.15. The van der Waals surface area contributed by atoms with Crippen molar-refractivity contribution in [3.63, 3.8) is 0 Å². The third-order valence-corrected chi connectivity index (χ3v) is 3.57. The molecule has 1 amide bonds. The molecular formula is C12H16N4OS. The van der Waals surface area contributed by atoms with Gasteiger partial charge in [-0.05, 0) is 17.9 Å². The Morgan fingerprint density at radius 1 is 1.67 bits per heavy atom. The summed E-state index contributed by atoms with van der Waals surface area (Å²) in [4.78, 5) is 13.1. The summed E-state index contributed by atoms with van der Waals surface area (Å²) in [5.74, 6) is -0.0571. The largest absolute Gasteiger partial charge is 0.396 e. The SMILES string of the molecule is CCC(NC(=O)Cn1cc(N)cn1)c1cccs1. The maximum absolute atomic E-state index is 11.9. The van der Waals surface area contributed by atoms with E-state index in [1.54, 1.807) is 17.5 Å². The minimum atomic E-state index is -0.0571. The van der Waals surface area contributed by atoms with Crippen LogP contribution in [0.25, 0.3) is 0 Å². The van der Waals surface area contributed by atoms with E-state index >= 15 is 0 Å². The zero-order chi connectivity index (χ0) is 13.0. The molecule has 2 rings (SSSR count). The molecule has 0 radical (unpaired) electrons. The topological polar surface area (TPSA) is 72.9 Å². The van der Waals surface area contributed by atoms with Crippen molar-refractivity contribution in [3.8, 4) is 0 Å². The van der Waals surface area contributed by atoms with Gasteiger partial charge >= 0.3 is 0 Å². The number of thiophene rings is 1. The van der Waals surface area contributed by atoms with Gasteiger partial charge in [0.2, 0.25) is 5.91 Å². The first-order chi connectivity index (χ1) is 8.69. The summed E-state index contributed by atoms with van der Waals surface area (Å²) in [6.45, 7) is 2.25. The van der Waals surface area contributed by atoms with E-state index in [2.05, 4.69) is 17.3 Å². The van der Waals surface area contributed by atoms with Crippen LogP contribution in [0.2, 0.25) is 0 Å². The molecule has 1 unspecified atom stereocenters. The molecule has 0 saturated carbocycles. The van der Waals surface area contributed by atoms with Crippen LogP contribution in [-0.4, -0.2) is 15.7 Å². The summed E-state index contributed by atoms with van der Waals surface area (Å²) in [6, 6.07) is 4.10. The molecule has 0 aliphatic heterocycles. The predicted molar refractivity (Wildman–Crippen MR) is 72.1 cm³/mol. The fourth-order valence-corrected chi connectivity index (χ4v) is 2.58. The van der Waals surface area contributed by atoms with E-state index in [0.29, 0.717) is 5.69 Å². The highest BCUT2D eigenvalue weighted by atomic mass is 32.1. The van der Waals surface area contributed by atoms with E-state index in [9.17, 15) is 4.79 Å². The third kappa shape index (κ3) is 3.10. The van der Waals surface area contributed by atoms with Crippen molar-refractivity contribution in [3.05, 3.63) is 34.8 Å². The first-order valence-corrected chi connectivity index (χ1v) is 6.67. The first kappa shape index (κ1) is 12.6. The highest BCUT2D eigenvalue weighted by Gasteiger charge is 2.13. The van der Waals surface area contributed by atoms with Crippen molar-refractivity contribution in [2.45, 2.75) is 25.9 Å². The summed E-state index contributed by atoms with van der Waals surface area (Å²) in [5, 5.41) is 8.99. The zero-order valence-corrected chi connectivity index (χ0v) is 11.0. The van der Waals surface area contributed by atoms with Crippen LogP contribution >= 0.6 is 11.3 Å². The van der Waals surface area contributed by atoms with Gasteiger partial charge in [0.15, 0.2) is 0 Å². The maximum atomic E-state index is 11.9. The van der Waals surface area contributed by atoms with Gasteiger partial charge in [-0.25, -0.2) is 0 Å². The summed E-state index contributed by atoms with van der Waals surface area (Å²) < 4.78 is 1.53. The van der Waals surface area contributed by atoms with Gasteiger partial charge in [0, 0.05) is 11.1 Å². The fourth-order valence-electron chi connectivity index (χ4n) is 1.72. The maximum Gasteiger partial charge on any atom is 0.242 e. The molecule has 2 aromatic heterocycles. The number of carbonyl (C=O) groups is 1. The average molecular weight is 264 g/mol. The molecule has 5 nitrogen and oxygen atoms in total. The molecule has 0 spiro atoms. The number of rotatable bonds is 5. The summed E-state index contributed by atoms with van der Waals surface area (Å²) in [7, 11) is 0. The van der Waals surface area contributed by atoms with Crippen molar-refractivity contribution in [1.29, 1.82) is 0 Å². The lowest BCUT2D eigenvalue weighted by Crippen LogP contribution is -2.31. The Bertz CT molecular complexity index is 506. The van der Waals surface area contributed by atoms with E-state index in [0.717, 1.165) is 6.42 Å². The van der Waals surface area contributed by atoms with Gasteiger partial charge in [0.05, 0.1) is 17.9 Å². The number of aromatic nitrogens is 2. The van der Waals surface area contributed by atoms with E-state index in [1.165, 1.54) is 15.8 Å². The number of nitrogens with zero attached hydrogens (tertiary/aromatic N) is 2. The van der Waals surface area contributed by atoms with Crippen LogP contribution in [-0.2, 0) is 11.3 Å². The van der Waals surface area contributed by atoms with Crippen LogP contribution in [0, 0.1) is 0 Å². The number of hydrogen-bond donors (Lipinski definition) is 2. The van der Waals surface area contributed by atoms with Gasteiger partial charge < -0.3 is 11.1 Å². The molecule has 0 aliphatic carbocycles. The number of nitrogen functional groups attached to an aromatic ring is 1. The molecule has 3 N–H and O–H groups in total. The van der Waals surface area contributed by atoms with Crippen molar-refractivity contribution >= 4 is 22.9 Å². The molecule has 6 heteroatoms. The molecule has 0 fully saturated rings. The Kier molecular flexibility index (Phi) is 3.99. The van der Waals surface area contributed by atoms with E-state index in [1.807, 2.05) is 17.5 Å². The molecule has 96 valence electrons. The standard InChI is InChI=1S/C12H16N4OS/c1-2-10(11-4-3-5-18-11)15-12(17)8-16-7-9(13)6-14-16/h3-7,10H,2,8,13H2,1H3,(H,15,17). The van der Waals surface area contributed by atoms with E-state index in [-0.39, 0.29) is 18.5 Å². The summed E-state index contributed by atoms with van der Waals surface area (Å²) >= 11 is 1.65. The highest BCUT2D eigenvalue weighted by molar-refractivity contribution is 7.10. The van der Waals surface area contributed by atoms with Gasteiger partial charge in [0.1, 0.15) is 6.54 Å². The minimum absolute atomic E-state index is 0.0571. The van der Waals surface area contributed by atoms with Gasteiger partial charge in [-0.2, -0.15) is 5.10 Å². The van der Waals surface area contributed by atoms with Crippen LogP contribution < -0.4 is 11.1 Å². The Labute approximate surface area is 110 Å². The van der Waals surface area contributed by atoms with Crippen molar-refractivity contribution < 1.29 is 4.79 Å². The van der Waals surface area contributed by atoms with Gasteiger partial charge in [-0.1, -0.05) is 13.0 Å². The van der Waals surface area contributed by atoms with Crippen molar-refractivity contribution in [2.75, 3.05) is 5.73 Å². The van der Waals surface area contributed by atoms with Crippen LogP contribution in [0.15, 0.2) is 29.9 Å². The van der Waals surface area contributed by atoms with Crippen molar-refractivity contribution in [1.82, 2.24) is 15.1 Å². The molecule has 0 bridgehead atoms. The lowest BCUT2D eigenvalue weighted by atomic mass is 10.2. The zero-order valence-electron chi connectivity index (χ0n) is 10.2. The Morgan fingerprint density at radius 3 is 3.06 bits per heavy atom. The van der Waals surface area contributed by atoms with E-state index in [4.69, 9.17) is 5.73 Å². The Hall–Kier alpha value is -1.82. The summed E-state index contributed by atoms with van der Waals surface area (Å²) in [6.07, 6.45) is 4.04. The monoisotopic (exact) mass is 264 g/mol. The number of carbonyl (C=O) groups excluding carboxylic acids is 1. The first-order valence-electron chi connectivity index (χ1n) is 5.79. The van der Waals surface area contributed by atoms with Gasteiger partial charge in [-0.15, -0.1) is 11.3 Å². The molecular weight excluding hydrogens is 248 g/mol. The number of hydrogen-bond acceptors (Lipinski definition) is 4. The molecule has 1 atom stereocenters. The van der Waals surface area contributed by atoms with Crippen LogP contribution in [0.1, 0.15) is 24.3 Å². The normalized spacial score (nSPS) is 12.3. The Morgan fingerprint density at radius 2 is 2.50 bits per heavy atom. The van der Waals surface area contributed by atoms with Gasteiger partial charge in [-0.3, -0.25) is 9.48 Å². The minimum Gasteiger partial charge on any atom is -0.396 e. The van der Waals surface area contributed by atoms with Crippen LogP contribution in [0.3, 0.4) is 0 Å². The molecule has 0 aromatic carbocycles. The molecule has 2 aromatic rings. The quantitative estimate of drug-likeness (QED) is 0.864. The second-order valence-corrected chi connectivity index (χ2v) is 4.99. The predicted octanol–water partition coefficient (Wildman–Crippen LogP) is 1.79. The second-order valence-electron chi connectivity index (χ2n) is 4.02. The van der Waals surface area contributed by atoms with Gasteiger partial charge in [0.25, 0.3) is 0 Å². The summed E-state index contributed by atoms with van der Waals surface area (Å²) in [5.41, 5.74) is 6.11. The molecule has 0 aliphatic rings. The lowest BCUT2D eigenvalue weighted by molar-refractivity contribution is -0.122. The highest BCUT2D eigenvalue weighted by Crippen LogP contribution is 2.21. The molecule has 0 saturated heterocycles. The number of anilines is 1. The van der Waals surface area contributed by atoms with Crippen molar-refractivity contribution in [2.24, 2.45) is 0 Å².